The van der Waals surface area contributed by atoms with Crippen LogP contribution in [0.25, 0.3) is 0 Å². The minimum atomic E-state index is -0.941. The number of fused-ring (bicyclic) bond motifs is 1. The van der Waals surface area contributed by atoms with Crippen LogP contribution in [0.3, 0.4) is 0 Å². The molecule has 20 heavy (non-hydrogen) atoms. The molecular weight excluding hydrogens is 264 g/mol. The second-order valence-corrected chi connectivity index (χ2v) is 4.52. The van der Waals surface area contributed by atoms with E-state index in [0.717, 1.165) is 5.56 Å². The van der Waals surface area contributed by atoms with E-state index in [2.05, 4.69) is 5.32 Å². The first-order valence-electron chi connectivity index (χ1n) is 6.11. The Morgan fingerprint density at radius 3 is 2.65 bits per heavy atom. The molecule has 7 heteroatoms. The minimum Gasteiger partial charge on any atom is -0.481 e. The van der Waals surface area contributed by atoms with E-state index < -0.39 is 5.97 Å². The third-order valence-electron chi connectivity index (χ3n) is 2.97. The molecule has 0 spiro atoms. The van der Waals surface area contributed by atoms with Gasteiger partial charge in [-0.05, 0) is 18.6 Å². The van der Waals surface area contributed by atoms with Crippen LogP contribution in [0, 0.1) is 6.92 Å². The van der Waals surface area contributed by atoms with Crippen molar-refractivity contribution in [1.82, 2.24) is 4.90 Å². The van der Waals surface area contributed by atoms with E-state index in [-0.39, 0.29) is 25.8 Å². The second-order valence-electron chi connectivity index (χ2n) is 4.52. The Bertz CT molecular complexity index is 544. The lowest BCUT2D eigenvalue weighted by atomic mass is 10.2. The van der Waals surface area contributed by atoms with Gasteiger partial charge in [0, 0.05) is 25.3 Å². The van der Waals surface area contributed by atoms with Gasteiger partial charge in [-0.1, -0.05) is 0 Å². The van der Waals surface area contributed by atoms with Crippen LogP contribution in [0.2, 0.25) is 0 Å². The van der Waals surface area contributed by atoms with Crippen LogP contribution in [0.5, 0.6) is 11.5 Å². The predicted octanol–water partition coefficient (Wildman–Crippen LogP) is 1.66. The summed E-state index contributed by atoms with van der Waals surface area (Å²) in [5.41, 5.74) is 1.45. The highest BCUT2D eigenvalue weighted by atomic mass is 16.7. The molecule has 0 fully saturated rings. The molecule has 0 radical (unpaired) electrons. The molecule has 1 aromatic carbocycles. The Hall–Kier alpha value is -2.44. The highest BCUT2D eigenvalue weighted by Gasteiger charge is 2.18. The van der Waals surface area contributed by atoms with Gasteiger partial charge in [-0.2, -0.15) is 0 Å². The van der Waals surface area contributed by atoms with Crippen molar-refractivity contribution in [3.05, 3.63) is 17.7 Å². The zero-order valence-corrected chi connectivity index (χ0v) is 11.3. The maximum atomic E-state index is 11.9. The first kappa shape index (κ1) is 14.0. The van der Waals surface area contributed by atoms with Crippen molar-refractivity contribution in [2.24, 2.45) is 0 Å². The number of amides is 2. The van der Waals surface area contributed by atoms with E-state index in [1.165, 1.54) is 4.90 Å². The van der Waals surface area contributed by atoms with Crippen LogP contribution in [0.1, 0.15) is 12.0 Å². The number of benzene rings is 1. The summed E-state index contributed by atoms with van der Waals surface area (Å²) in [7, 11) is 1.54. The summed E-state index contributed by atoms with van der Waals surface area (Å²) < 4.78 is 10.5. The Morgan fingerprint density at radius 1 is 1.35 bits per heavy atom. The van der Waals surface area contributed by atoms with Crippen LogP contribution in [-0.4, -0.2) is 42.4 Å². The summed E-state index contributed by atoms with van der Waals surface area (Å²) in [5, 5.41) is 11.3. The maximum Gasteiger partial charge on any atom is 0.321 e. The van der Waals surface area contributed by atoms with Crippen LogP contribution in [-0.2, 0) is 4.79 Å². The summed E-state index contributed by atoms with van der Waals surface area (Å²) in [6.45, 7) is 2.16. The highest BCUT2D eigenvalue weighted by Crippen LogP contribution is 2.36. The monoisotopic (exact) mass is 280 g/mol. The Balaban J connectivity index is 2.02. The summed E-state index contributed by atoms with van der Waals surface area (Å²) >= 11 is 0. The predicted molar refractivity (Wildman–Crippen MR) is 71.2 cm³/mol. The van der Waals surface area contributed by atoms with Crippen LogP contribution in [0.15, 0.2) is 12.1 Å². The number of carbonyl (C=O) groups excluding carboxylic acids is 1. The van der Waals surface area contributed by atoms with Crippen molar-refractivity contribution in [3.63, 3.8) is 0 Å². The standard InChI is InChI=1S/C13H16N2O5/c1-8-5-10-11(20-7-19-10)6-9(8)14-13(18)15(2)4-3-12(16)17/h5-6H,3-4,7H2,1-2H3,(H,14,18)(H,16,17). The van der Waals surface area contributed by atoms with Gasteiger partial charge in [-0.15, -0.1) is 0 Å². The molecule has 0 saturated heterocycles. The second kappa shape index (κ2) is 5.68. The van der Waals surface area contributed by atoms with Crippen molar-refractivity contribution in [3.8, 4) is 11.5 Å². The van der Waals surface area contributed by atoms with Crippen LogP contribution in [0.4, 0.5) is 10.5 Å². The lowest BCUT2D eigenvalue weighted by molar-refractivity contribution is -0.137. The number of aryl methyl sites for hydroxylation is 1. The number of aliphatic carboxylic acids is 1. The molecule has 0 atom stereocenters. The molecule has 108 valence electrons. The first-order valence-corrected chi connectivity index (χ1v) is 6.11. The number of ether oxygens (including phenoxy) is 2. The van der Waals surface area contributed by atoms with E-state index >= 15 is 0 Å². The Kier molecular flexibility index (Phi) is 3.97. The van der Waals surface area contributed by atoms with Gasteiger partial charge in [-0.25, -0.2) is 4.79 Å². The Morgan fingerprint density at radius 2 is 2.00 bits per heavy atom. The molecule has 0 unspecified atom stereocenters. The molecule has 1 aliphatic heterocycles. The molecule has 0 bridgehead atoms. The minimum absolute atomic E-state index is 0.0932. The van der Waals surface area contributed by atoms with Crippen LogP contribution >= 0.6 is 0 Å². The molecule has 2 N–H and O–H groups in total. The summed E-state index contributed by atoms with van der Waals surface area (Å²) in [6, 6.07) is 3.11. The molecule has 0 aliphatic carbocycles. The van der Waals surface area contributed by atoms with Gasteiger partial charge >= 0.3 is 12.0 Å². The number of rotatable bonds is 4. The quantitative estimate of drug-likeness (QED) is 0.875. The largest absolute Gasteiger partial charge is 0.481 e. The molecule has 0 saturated carbocycles. The summed E-state index contributed by atoms with van der Waals surface area (Å²) in [6.07, 6.45) is -0.0932. The Labute approximate surface area is 116 Å². The molecule has 1 aliphatic rings. The lowest BCUT2D eigenvalue weighted by Gasteiger charge is -2.18. The molecular formula is C13H16N2O5. The molecule has 1 heterocycles. The number of urea groups is 1. The van der Waals surface area contributed by atoms with Gasteiger partial charge in [0.15, 0.2) is 11.5 Å². The topological polar surface area (TPSA) is 88.1 Å². The number of hydrogen-bond acceptors (Lipinski definition) is 4. The summed E-state index contributed by atoms with van der Waals surface area (Å²) in [5.74, 6) is 0.294. The third-order valence-corrected chi connectivity index (χ3v) is 2.97. The molecule has 7 nitrogen and oxygen atoms in total. The van der Waals surface area contributed by atoms with Crippen molar-refractivity contribution in [2.75, 3.05) is 25.7 Å². The van der Waals surface area contributed by atoms with Crippen LogP contribution < -0.4 is 14.8 Å². The average Bonchev–Trinajstić information content (AvgIpc) is 2.83. The number of carbonyl (C=O) groups is 2. The van der Waals surface area contributed by atoms with E-state index in [4.69, 9.17) is 14.6 Å². The van der Waals surface area contributed by atoms with E-state index in [9.17, 15) is 9.59 Å². The number of nitrogens with zero attached hydrogens (tertiary/aromatic N) is 1. The number of hydrogen-bond donors (Lipinski definition) is 2. The van der Waals surface area contributed by atoms with E-state index in [0.29, 0.717) is 17.2 Å². The normalized spacial score (nSPS) is 12.1. The van der Waals surface area contributed by atoms with Gasteiger partial charge in [0.2, 0.25) is 6.79 Å². The number of anilines is 1. The highest BCUT2D eigenvalue weighted by molar-refractivity contribution is 5.90. The van der Waals surface area contributed by atoms with Crippen molar-refractivity contribution < 1.29 is 24.2 Å². The molecule has 2 rings (SSSR count). The van der Waals surface area contributed by atoms with Gasteiger partial charge in [-0.3, -0.25) is 4.79 Å². The zero-order chi connectivity index (χ0) is 14.7. The molecule has 0 aromatic heterocycles. The number of carboxylic acids is 1. The SMILES string of the molecule is Cc1cc2c(cc1NC(=O)N(C)CCC(=O)O)OCO2. The van der Waals surface area contributed by atoms with Gasteiger partial charge in [0.1, 0.15) is 0 Å². The average molecular weight is 280 g/mol. The van der Waals surface area contributed by atoms with Crippen molar-refractivity contribution in [1.29, 1.82) is 0 Å². The van der Waals surface area contributed by atoms with Crippen molar-refractivity contribution in [2.45, 2.75) is 13.3 Å². The number of carboxylic acid groups (broad SMARTS) is 1. The van der Waals surface area contributed by atoms with Gasteiger partial charge in [0.05, 0.1) is 6.42 Å². The molecule has 1 aromatic rings. The first-order chi connectivity index (χ1) is 9.47. The van der Waals surface area contributed by atoms with Gasteiger partial charge < -0.3 is 24.8 Å². The maximum absolute atomic E-state index is 11.9. The van der Waals surface area contributed by atoms with E-state index in [1.807, 2.05) is 6.92 Å². The third kappa shape index (κ3) is 3.11. The molecule has 2 amide bonds. The fraction of sp³-hybridized carbons (Fsp3) is 0.385. The van der Waals surface area contributed by atoms with E-state index in [1.54, 1.807) is 19.2 Å². The summed E-state index contributed by atoms with van der Waals surface area (Å²) in [4.78, 5) is 23.7. The fourth-order valence-corrected chi connectivity index (χ4v) is 1.75. The fourth-order valence-electron chi connectivity index (χ4n) is 1.75. The zero-order valence-electron chi connectivity index (χ0n) is 11.3. The van der Waals surface area contributed by atoms with Crippen molar-refractivity contribution >= 4 is 17.7 Å². The number of nitrogens with one attached hydrogen (secondary N) is 1. The smallest absolute Gasteiger partial charge is 0.321 e. The lowest BCUT2D eigenvalue weighted by Crippen LogP contribution is -2.33. The van der Waals surface area contributed by atoms with Gasteiger partial charge in [0.25, 0.3) is 0 Å².